The number of methoxy groups -OCH3 is 1. The molecule has 1 aromatic heterocycles. The number of hydrogen-bond donors (Lipinski definition) is 1. The van der Waals surface area contributed by atoms with Crippen molar-refractivity contribution in [2.45, 2.75) is 6.73 Å². The number of amides is 1. The SMILES string of the molecule is COc1ccccc1Oc1cc(NC(=O)c2ccn(COc3ccc(F)cc3)n2)cc([N+](=O)[O-])c1. The lowest BCUT2D eigenvalue weighted by molar-refractivity contribution is -0.384. The molecule has 1 amide bonds. The number of para-hydroxylation sites is 2. The fourth-order valence-electron chi connectivity index (χ4n) is 3.07. The molecule has 1 heterocycles. The Labute approximate surface area is 198 Å². The summed E-state index contributed by atoms with van der Waals surface area (Å²) in [4.78, 5) is 23.5. The first kappa shape index (κ1) is 23.2. The number of nitro benzene ring substituents is 1. The number of carbonyl (C=O) groups excluding carboxylic acids is 1. The third-order valence-corrected chi connectivity index (χ3v) is 4.71. The minimum Gasteiger partial charge on any atom is -0.493 e. The highest BCUT2D eigenvalue weighted by Crippen LogP contribution is 2.34. The number of nitrogens with zero attached hydrogens (tertiary/aromatic N) is 3. The van der Waals surface area contributed by atoms with Gasteiger partial charge in [-0.15, -0.1) is 0 Å². The summed E-state index contributed by atoms with van der Waals surface area (Å²) >= 11 is 0. The van der Waals surface area contributed by atoms with Crippen LogP contribution in [-0.2, 0) is 6.73 Å². The molecule has 0 saturated heterocycles. The first-order valence-electron chi connectivity index (χ1n) is 10.2. The molecule has 0 aliphatic heterocycles. The number of hydrogen-bond acceptors (Lipinski definition) is 7. The van der Waals surface area contributed by atoms with E-state index >= 15 is 0 Å². The monoisotopic (exact) mass is 478 g/mol. The number of nitro groups is 1. The molecule has 0 radical (unpaired) electrons. The molecule has 3 aromatic carbocycles. The number of ether oxygens (including phenoxy) is 3. The van der Waals surface area contributed by atoms with Crippen molar-refractivity contribution >= 4 is 17.3 Å². The van der Waals surface area contributed by atoms with Crippen molar-refractivity contribution in [2.24, 2.45) is 0 Å². The number of nitrogens with one attached hydrogen (secondary N) is 1. The molecule has 4 aromatic rings. The van der Waals surface area contributed by atoms with Gasteiger partial charge in [0.15, 0.2) is 23.9 Å². The second-order valence-electron chi connectivity index (χ2n) is 7.15. The second kappa shape index (κ2) is 10.3. The molecule has 11 heteroatoms. The van der Waals surface area contributed by atoms with Crippen LogP contribution in [0.2, 0.25) is 0 Å². The Morgan fingerprint density at radius 1 is 1.06 bits per heavy atom. The predicted octanol–water partition coefficient (Wildman–Crippen LogP) is 5.02. The number of anilines is 1. The molecule has 0 fully saturated rings. The van der Waals surface area contributed by atoms with E-state index in [0.29, 0.717) is 17.2 Å². The maximum Gasteiger partial charge on any atom is 0.276 e. The number of non-ortho nitro benzene ring substituents is 1. The average molecular weight is 478 g/mol. The second-order valence-corrected chi connectivity index (χ2v) is 7.15. The molecule has 1 N–H and O–H groups in total. The topological polar surface area (TPSA) is 118 Å². The summed E-state index contributed by atoms with van der Waals surface area (Å²) in [5, 5.41) is 18.1. The Morgan fingerprint density at radius 2 is 1.80 bits per heavy atom. The van der Waals surface area contributed by atoms with Gasteiger partial charge in [-0.1, -0.05) is 12.1 Å². The van der Waals surface area contributed by atoms with E-state index in [4.69, 9.17) is 14.2 Å². The Bertz CT molecular complexity index is 1360. The highest BCUT2D eigenvalue weighted by atomic mass is 19.1. The van der Waals surface area contributed by atoms with Crippen LogP contribution in [-0.4, -0.2) is 27.7 Å². The minimum atomic E-state index is -0.591. The molecule has 10 nitrogen and oxygen atoms in total. The third kappa shape index (κ3) is 5.90. The van der Waals surface area contributed by atoms with Gasteiger partial charge >= 0.3 is 0 Å². The van der Waals surface area contributed by atoms with E-state index in [0.717, 1.165) is 0 Å². The molecule has 0 spiro atoms. The van der Waals surface area contributed by atoms with Gasteiger partial charge in [-0.25, -0.2) is 9.07 Å². The van der Waals surface area contributed by atoms with Crippen molar-refractivity contribution in [3.63, 3.8) is 0 Å². The van der Waals surface area contributed by atoms with Gasteiger partial charge in [-0.2, -0.15) is 5.10 Å². The van der Waals surface area contributed by atoms with Crippen molar-refractivity contribution in [2.75, 3.05) is 12.4 Å². The van der Waals surface area contributed by atoms with Crippen LogP contribution >= 0.6 is 0 Å². The van der Waals surface area contributed by atoms with Gasteiger partial charge in [0.25, 0.3) is 11.6 Å². The fourth-order valence-corrected chi connectivity index (χ4v) is 3.07. The van der Waals surface area contributed by atoms with Crippen LogP contribution in [0.15, 0.2) is 79.0 Å². The van der Waals surface area contributed by atoms with Crippen molar-refractivity contribution in [1.29, 1.82) is 0 Å². The molecule has 178 valence electrons. The van der Waals surface area contributed by atoms with Crippen molar-refractivity contribution in [1.82, 2.24) is 9.78 Å². The number of rotatable bonds is 9. The third-order valence-electron chi connectivity index (χ3n) is 4.71. The smallest absolute Gasteiger partial charge is 0.276 e. The highest BCUT2D eigenvalue weighted by molar-refractivity contribution is 6.03. The van der Waals surface area contributed by atoms with Crippen molar-refractivity contribution in [3.8, 4) is 23.0 Å². The summed E-state index contributed by atoms with van der Waals surface area (Å²) in [5.41, 5.74) is -0.0662. The van der Waals surface area contributed by atoms with Crippen LogP contribution < -0.4 is 19.5 Å². The quantitative estimate of drug-likeness (QED) is 0.265. The van der Waals surface area contributed by atoms with Crippen LogP contribution in [0.25, 0.3) is 0 Å². The number of aromatic nitrogens is 2. The van der Waals surface area contributed by atoms with E-state index in [1.54, 1.807) is 24.3 Å². The van der Waals surface area contributed by atoms with Crippen LogP contribution in [0.3, 0.4) is 0 Å². The summed E-state index contributed by atoms with van der Waals surface area (Å²) in [6, 6.07) is 17.7. The van der Waals surface area contributed by atoms with Gasteiger partial charge in [0.05, 0.1) is 23.8 Å². The molecule has 4 rings (SSSR count). The van der Waals surface area contributed by atoms with Gasteiger partial charge in [0.2, 0.25) is 0 Å². The first-order valence-corrected chi connectivity index (χ1v) is 10.2. The lowest BCUT2D eigenvalue weighted by Gasteiger charge is -2.11. The van der Waals surface area contributed by atoms with Crippen molar-refractivity contribution < 1.29 is 28.3 Å². The van der Waals surface area contributed by atoms with Crippen molar-refractivity contribution in [3.05, 3.63) is 101 Å². The van der Waals surface area contributed by atoms with Gasteiger partial charge < -0.3 is 19.5 Å². The van der Waals surface area contributed by atoms with Crippen LogP contribution in [0, 0.1) is 15.9 Å². The maximum atomic E-state index is 13.0. The molecule has 35 heavy (non-hydrogen) atoms. The molecular weight excluding hydrogens is 459 g/mol. The standard InChI is InChI=1S/C24H19FN4O6/c1-33-22-4-2-3-5-23(22)35-20-13-17(12-18(14-20)29(31)32)26-24(30)21-10-11-28(27-21)15-34-19-8-6-16(25)7-9-19/h2-14H,15H2,1H3,(H,26,30). The molecule has 0 saturated carbocycles. The minimum absolute atomic E-state index is 0.00732. The summed E-state index contributed by atoms with van der Waals surface area (Å²) in [6.45, 7) is -0.00732. The Hall–Kier alpha value is -4.93. The molecule has 0 aliphatic rings. The van der Waals surface area contributed by atoms with Gasteiger partial charge in [0, 0.05) is 18.3 Å². The molecule has 0 aliphatic carbocycles. The van der Waals surface area contributed by atoms with E-state index in [9.17, 15) is 19.3 Å². The van der Waals surface area contributed by atoms with Crippen LogP contribution in [0.1, 0.15) is 10.5 Å². The molecule has 0 unspecified atom stereocenters. The molecule has 0 atom stereocenters. The lowest BCUT2D eigenvalue weighted by Crippen LogP contribution is -2.14. The maximum absolute atomic E-state index is 13.0. The van der Waals surface area contributed by atoms with E-state index in [2.05, 4.69) is 10.4 Å². The predicted molar refractivity (Wildman–Crippen MR) is 123 cm³/mol. The summed E-state index contributed by atoms with van der Waals surface area (Å²) in [5.74, 6) is 0.400. The summed E-state index contributed by atoms with van der Waals surface area (Å²) < 4.78 is 30.9. The molecule has 0 bridgehead atoms. The largest absolute Gasteiger partial charge is 0.493 e. The normalized spacial score (nSPS) is 10.5. The Kier molecular flexibility index (Phi) is 6.86. The summed E-state index contributed by atoms with van der Waals surface area (Å²) in [6.07, 6.45) is 1.53. The van der Waals surface area contributed by atoms with Gasteiger partial charge in [0.1, 0.15) is 17.3 Å². The fraction of sp³-hybridized carbons (Fsp3) is 0.0833. The Balaban J connectivity index is 1.47. The zero-order chi connectivity index (χ0) is 24.8. The van der Waals surface area contributed by atoms with E-state index < -0.39 is 10.8 Å². The zero-order valence-corrected chi connectivity index (χ0v) is 18.4. The first-order chi connectivity index (χ1) is 16.9. The summed E-state index contributed by atoms with van der Waals surface area (Å²) in [7, 11) is 1.48. The van der Waals surface area contributed by atoms with Crippen LogP contribution in [0.5, 0.6) is 23.0 Å². The van der Waals surface area contributed by atoms with Crippen LogP contribution in [0.4, 0.5) is 15.8 Å². The Morgan fingerprint density at radius 3 is 2.51 bits per heavy atom. The highest BCUT2D eigenvalue weighted by Gasteiger charge is 2.16. The van der Waals surface area contributed by atoms with E-state index in [1.807, 2.05) is 0 Å². The lowest BCUT2D eigenvalue weighted by atomic mass is 10.2. The average Bonchev–Trinajstić information content (AvgIpc) is 3.33. The van der Waals surface area contributed by atoms with E-state index in [1.165, 1.54) is 66.5 Å². The van der Waals surface area contributed by atoms with Gasteiger partial charge in [-0.05, 0) is 42.5 Å². The molecular formula is C24H19FN4O6. The number of halogens is 1. The number of carbonyl (C=O) groups is 1. The zero-order valence-electron chi connectivity index (χ0n) is 18.4. The van der Waals surface area contributed by atoms with E-state index in [-0.39, 0.29) is 35.4 Å². The number of benzene rings is 3. The van der Waals surface area contributed by atoms with Gasteiger partial charge in [-0.3, -0.25) is 14.9 Å².